The maximum Gasteiger partial charge on any atom is 0.188 e. The zero-order valence-corrected chi connectivity index (χ0v) is 11.6. The molecule has 0 saturated carbocycles. The number of aromatic amines is 1. The molecule has 0 aliphatic carbocycles. The number of rotatable bonds is 4. The van der Waals surface area contributed by atoms with E-state index in [1.165, 1.54) is 0 Å². The summed E-state index contributed by atoms with van der Waals surface area (Å²) in [5, 5.41) is 21.6. The first-order valence-corrected chi connectivity index (χ1v) is 6.42. The number of aromatic nitrogens is 7. The first kappa shape index (κ1) is 12.7. The third-order valence-electron chi connectivity index (χ3n) is 3.31. The van der Waals surface area contributed by atoms with E-state index in [0.717, 1.165) is 22.6 Å². The Hall–Kier alpha value is -2.35. The van der Waals surface area contributed by atoms with E-state index in [1.54, 1.807) is 0 Å². The quantitative estimate of drug-likeness (QED) is 0.726. The fourth-order valence-electron chi connectivity index (χ4n) is 2.21. The lowest BCUT2D eigenvalue weighted by Crippen LogP contribution is -2.21. The minimum Gasteiger partial charge on any atom is -0.303 e. The van der Waals surface area contributed by atoms with Crippen molar-refractivity contribution in [3.8, 4) is 0 Å². The standard InChI is InChI=1S/C12H16N8/c1-7-4-12-14-5-10(9(3)20(12)17-7)8(2)13-6-11-15-18-19-16-11/h4-5,8,13H,6H2,1-3H3,(H,15,16,18,19). The molecule has 3 aromatic heterocycles. The molecule has 0 aliphatic rings. The van der Waals surface area contributed by atoms with Gasteiger partial charge in [0.15, 0.2) is 11.5 Å². The predicted octanol–water partition coefficient (Wildman–Crippen LogP) is 0.710. The summed E-state index contributed by atoms with van der Waals surface area (Å²) in [5.74, 6) is 0.637. The Labute approximate surface area is 115 Å². The minimum atomic E-state index is 0.120. The number of hydrogen-bond acceptors (Lipinski definition) is 6. The molecular weight excluding hydrogens is 256 g/mol. The molecule has 0 saturated heterocycles. The van der Waals surface area contributed by atoms with E-state index in [9.17, 15) is 0 Å². The van der Waals surface area contributed by atoms with Crippen LogP contribution in [-0.2, 0) is 6.54 Å². The molecule has 3 rings (SSSR count). The normalized spacial score (nSPS) is 12.9. The first-order chi connectivity index (χ1) is 9.65. The summed E-state index contributed by atoms with van der Waals surface area (Å²) >= 11 is 0. The molecule has 0 bridgehead atoms. The van der Waals surface area contributed by atoms with Crippen molar-refractivity contribution in [3.63, 3.8) is 0 Å². The third-order valence-corrected chi connectivity index (χ3v) is 3.31. The maximum atomic E-state index is 4.45. The highest BCUT2D eigenvalue weighted by Gasteiger charge is 2.13. The lowest BCUT2D eigenvalue weighted by Gasteiger charge is -2.15. The highest BCUT2D eigenvalue weighted by molar-refractivity contribution is 5.42. The average molecular weight is 272 g/mol. The second-order valence-electron chi connectivity index (χ2n) is 4.79. The van der Waals surface area contributed by atoms with E-state index >= 15 is 0 Å². The zero-order chi connectivity index (χ0) is 14.1. The lowest BCUT2D eigenvalue weighted by molar-refractivity contribution is 0.551. The van der Waals surface area contributed by atoms with Crippen LogP contribution in [-0.4, -0.2) is 35.2 Å². The number of aryl methyl sites for hydroxylation is 2. The molecule has 20 heavy (non-hydrogen) atoms. The van der Waals surface area contributed by atoms with Crippen molar-refractivity contribution in [1.82, 2.24) is 40.5 Å². The van der Waals surface area contributed by atoms with Gasteiger partial charge in [0.1, 0.15) is 0 Å². The van der Waals surface area contributed by atoms with Gasteiger partial charge in [0.05, 0.1) is 12.2 Å². The van der Waals surface area contributed by atoms with Crippen molar-refractivity contribution >= 4 is 5.65 Å². The van der Waals surface area contributed by atoms with Gasteiger partial charge in [0, 0.05) is 29.6 Å². The van der Waals surface area contributed by atoms with Gasteiger partial charge in [-0.2, -0.15) is 10.3 Å². The summed E-state index contributed by atoms with van der Waals surface area (Å²) in [6.45, 7) is 6.63. The van der Waals surface area contributed by atoms with E-state index in [0.29, 0.717) is 12.4 Å². The smallest absolute Gasteiger partial charge is 0.188 e. The Balaban J connectivity index is 1.83. The fraction of sp³-hybridized carbons (Fsp3) is 0.417. The summed E-state index contributed by atoms with van der Waals surface area (Å²) in [5.41, 5.74) is 4.01. The number of fused-ring (bicyclic) bond motifs is 1. The molecule has 0 aliphatic heterocycles. The molecule has 0 aromatic carbocycles. The largest absolute Gasteiger partial charge is 0.303 e. The van der Waals surface area contributed by atoms with Crippen molar-refractivity contribution in [2.24, 2.45) is 0 Å². The van der Waals surface area contributed by atoms with Crippen molar-refractivity contribution in [1.29, 1.82) is 0 Å². The van der Waals surface area contributed by atoms with Crippen molar-refractivity contribution in [3.05, 3.63) is 35.0 Å². The van der Waals surface area contributed by atoms with E-state index in [1.807, 2.05) is 30.6 Å². The molecule has 8 heteroatoms. The second kappa shape index (κ2) is 4.97. The molecule has 104 valence electrons. The first-order valence-electron chi connectivity index (χ1n) is 6.42. The molecule has 2 N–H and O–H groups in total. The highest BCUT2D eigenvalue weighted by atomic mass is 15.5. The van der Waals surface area contributed by atoms with Gasteiger partial charge in [0.2, 0.25) is 0 Å². The van der Waals surface area contributed by atoms with Crippen LogP contribution in [0.1, 0.15) is 35.7 Å². The lowest BCUT2D eigenvalue weighted by atomic mass is 10.1. The summed E-state index contributed by atoms with van der Waals surface area (Å²) in [4.78, 5) is 4.44. The van der Waals surface area contributed by atoms with Crippen LogP contribution < -0.4 is 5.32 Å². The SMILES string of the molecule is Cc1cc2ncc(C(C)NCc3nn[nH]n3)c(C)n2n1. The minimum absolute atomic E-state index is 0.120. The summed E-state index contributed by atoms with van der Waals surface area (Å²) in [6, 6.07) is 2.09. The molecule has 1 atom stereocenters. The van der Waals surface area contributed by atoms with Gasteiger partial charge in [-0.25, -0.2) is 9.50 Å². The van der Waals surface area contributed by atoms with Crippen LogP contribution in [0.3, 0.4) is 0 Å². The van der Waals surface area contributed by atoms with Crippen LogP contribution in [0.15, 0.2) is 12.3 Å². The fourth-order valence-corrected chi connectivity index (χ4v) is 2.21. The zero-order valence-electron chi connectivity index (χ0n) is 11.6. The second-order valence-corrected chi connectivity index (χ2v) is 4.79. The Morgan fingerprint density at radius 3 is 3.00 bits per heavy atom. The number of tetrazole rings is 1. The highest BCUT2D eigenvalue weighted by Crippen LogP contribution is 2.18. The van der Waals surface area contributed by atoms with Crippen LogP contribution >= 0.6 is 0 Å². The molecule has 8 nitrogen and oxygen atoms in total. The molecule has 0 amide bonds. The molecule has 1 unspecified atom stereocenters. The summed E-state index contributed by atoms with van der Waals surface area (Å²) in [7, 11) is 0. The maximum absolute atomic E-state index is 4.45. The number of nitrogens with zero attached hydrogens (tertiary/aromatic N) is 6. The Bertz CT molecular complexity index is 714. The van der Waals surface area contributed by atoms with Crippen LogP contribution in [0.2, 0.25) is 0 Å². The Morgan fingerprint density at radius 2 is 2.25 bits per heavy atom. The van der Waals surface area contributed by atoms with E-state index in [-0.39, 0.29) is 6.04 Å². The van der Waals surface area contributed by atoms with Gasteiger partial charge >= 0.3 is 0 Å². The van der Waals surface area contributed by atoms with Gasteiger partial charge < -0.3 is 5.32 Å². The molecule has 0 radical (unpaired) electrons. The van der Waals surface area contributed by atoms with Gasteiger partial charge in [-0.1, -0.05) is 5.21 Å². The van der Waals surface area contributed by atoms with E-state index in [4.69, 9.17) is 0 Å². The number of hydrogen-bond donors (Lipinski definition) is 2. The van der Waals surface area contributed by atoms with Crippen molar-refractivity contribution in [2.45, 2.75) is 33.4 Å². The van der Waals surface area contributed by atoms with E-state index in [2.05, 4.69) is 42.9 Å². The summed E-state index contributed by atoms with van der Waals surface area (Å²) in [6.07, 6.45) is 1.89. The Morgan fingerprint density at radius 1 is 1.40 bits per heavy atom. The van der Waals surface area contributed by atoms with Gasteiger partial charge in [-0.3, -0.25) is 0 Å². The average Bonchev–Trinajstić information content (AvgIpc) is 3.05. The molecule has 0 fully saturated rings. The Kier molecular flexibility index (Phi) is 3.15. The van der Waals surface area contributed by atoms with Crippen LogP contribution in [0.4, 0.5) is 0 Å². The number of H-pyrrole nitrogens is 1. The summed E-state index contributed by atoms with van der Waals surface area (Å²) < 4.78 is 1.87. The number of nitrogens with one attached hydrogen (secondary N) is 2. The van der Waals surface area contributed by atoms with Crippen LogP contribution in [0.25, 0.3) is 5.65 Å². The van der Waals surface area contributed by atoms with Gasteiger partial charge in [-0.15, -0.1) is 10.2 Å². The molecule has 3 heterocycles. The predicted molar refractivity (Wildman–Crippen MR) is 71.9 cm³/mol. The van der Waals surface area contributed by atoms with Gasteiger partial charge in [-0.05, 0) is 20.8 Å². The van der Waals surface area contributed by atoms with Gasteiger partial charge in [0.25, 0.3) is 0 Å². The van der Waals surface area contributed by atoms with Crippen molar-refractivity contribution < 1.29 is 0 Å². The van der Waals surface area contributed by atoms with Crippen molar-refractivity contribution in [2.75, 3.05) is 0 Å². The topological polar surface area (TPSA) is 96.7 Å². The third kappa shape index (κ3) is 2.25. The van der Waals surface area contributed by atoms with E-state index < -0.39 is 0 Å². The molecular formula is C12H16N8. The van der Waals surface area contributed by atoms with Crippen LogP contribution in [0, 0.1) is 13.8 Å². The molecule has 3 aromatic rings. The monoisotopic (exact) mass is 272 g/mol. The molecule has 0 spiro atoms. The van der Waals surface area contributed by atoms with Crippen LogP contribution in [0.5, 0.6) is 0 Å².